The van der Waals surface area contributed by atoms with Crippen LogP contribution >= 0.6 is 23.2 Å². The average Bonchev–Trinajstić information content (AvgIpc) is 1.68. The molecule has 0 atom stereocenters. The van der Waals surface area contributed by atoms with Gasteiger partial charge in [-0.2, -0.15) is 0 Å². The van der Waals surface area contributed by atoms with Crippen LogP contribution in [0.4, 0.5) is 63.1 Å². The van der Waals surface area contributed by atoms with E-state index < -0.39 is 70.9 Å². The summed E-state index contributed by atoms with van der Waals surface area (Å²) in [5.74, 6) is -6.02. The van der Waals surface area contributed by atoms with Crippen molar-refractivity contribution in [2.75, 3.05) is 130 Å². The highest BCUT2D eigenvalue weighted by Gasteiger charge is 2.27. The van der Waals surface area contributed by atoms with Crippen LogP contribution in [-0.4, -0.2) is 225 Å². The Bertz CT molecular complexity index is 6110. The van der Waals surface area contributed by atoms with Crippen LogP contribution < -0.4 is 79.3 Å². The van der Waals surface area contributed by atoms with Crippen molar-refractivity contribution in [3.63, 3.8) is 0 Å². The number of benzene rings is 1. The Morgan fingerprint density at radius 2 is 0.626 bits per heavy atom. The quantitative estimate of drug-likeness (QED) is 0.0159. The first-order chi connectivity index (χ1) is 62.5. The standard InChI is InChI=1S/C85H104Cl2N30O14/c1-106(2)31-15-28-89-77(123)58-34-51(41-107(58)3)93-80(126)62-39-56(46-111(62)7)98-85(131)75-104-66(49-115(75)11)101-71(121)24-30-91-79(125)61-36-53(43-110(61)6)95-82(128)72-92-40-67(116(72)12)105-69(119)18-14-27-88-76(122)59-37-54(44-109(59)5)96-83(129)74-103-65(48-114(74)10)100-70(120)23-29-90-78(124)60-35-52(42-108(60)4)94-81(127)63-38-55(45-112(63)8)97-84(130)73-102-64(47-113(73)9)99-68(118)17-13-16-50-19-21-57(22-20-50)117(32-25-86)33-26-87/h19-22,34-49H,13-18,23-33H2,1-12H3,(H,88,122)(H,89,123)(H,90,124)(H,91,125)(H,93,126)(H,94,127)(H,95,128)(H,96,129)(H,97,130)(H,98,131)(H,99,118)(H,100,120)(H,101,121)(H,105,119). The highest BCUT2D eigenvalue weighted by Crippen LogP contribution is 2.26. The Hall–Kier alpha value is -15.3. The van der Waals surface area contributed by atoms with Gasteiger partial charge in [0.15, 0.2) is 17.5 Å². The van der Waals surface area contributed by atoms with Gasteiger partial charge in [-0.15, -0.1) is 23.2 Å². The van der Waals surface area contributed by atoms with Crippen molar-refractivity contribution in [2.24, 2.45) is 70.5 Å². The second-order valence-electron chi connectivity index (χ2n) is 31.1. The zero-order chi connectivity index (χ0) is 94.6. The first kappa shape index (κ1) is 96.3. The Labute approximate surface area is 761 Å². The van der Waals surface area contributed by atoms with E-state index in [9.17, 15) is 67.1 Å². The molecule has 0 aliphatic heterocycles. The van der Waals surface area contributed by atoms with E-state index in [1.54, 1.807) is 92.7 Å². The molecule has 0 bridgehead atoms. The Morgan fingerprint density at radius 1 is 0.321 bits per heavy atom. The molecule has 14 amide bonds. The summed E-state index contributed by atoms with van der Waals surface area (Å²) in [5.41, 5.74) is 5.05. The van der Waals surface area contributed by atoms with Gasteiger partial charge in [-0.25, -0.2) is 19.9 Å². The zero-order valence-corrected chi connectivity index (χ0v) is 75.7. The molecule has 692 valence electrons. The Morgan fingerprint density at radius 3 is 0.977 bits per heavy atom. The molecule has 11 aromatic rings. The molecule has 1 aromatic carbocycles. The summed E-state index contributed by atoms with van der Waals surface area (Å²) in [7, 11) is 19.8. The largest absolute Gasteiger partial charge is 0.369 e. The maximum atomic E-state index is 13.6. The summed E-state index contributed by atoms with van der Waals surface area (Å²) < 4.78 is 14.7. The summed E-state index contributed by atoms with van der Waals surface area (Å²) >= 11 is 11.9. The number of imidazole rings is 4. The number of anilines is 11. The van der Waals surface area contributed by atoms with Crippen LogP contribution in [0.3, 0.4) is 0 Å². The number of hydrogen-bond donors (Lipinski definition) is 14. The number of halogens is 2. The summed E-state index contributed by atoms with van der Waals surface area (Å²) in [5, 5.41) is 38.1. The highest BCUT2D eigenvalue weighted by molar-refractivity contribution is 6.19. The van der Waals surface area contributed by atoms with E-state index in [4.69, 9.17) is 23.2 Å². The maximum absolute atomic E-state index is 13.6. The normalized spacial score (nSPS) is 11.1. The van der Waals surface area contributed by atoms with Crippen molar-refractivity contribution in [3.05, 3.63) is 186 Å². The minimum Gasteiger partial charge on any atom is -0.369 e. The van der Waals surface area contributed by atoms with E-state index in [1.807, 2.05) is 43.3 Å². The van der Waals surface area contributed by atoms with Gasteiger partial charge in [0.05, 0.1) is 40.3 Å². The Kier molecular flexibility index (Phi) is 32.3. The highest BCUT2D eigenvalue weighted by atomic mass is 35.5. The van der Waals surface area contributed by atoms with Gasteiger partial charge in [0.25, 0.3) is 59.1 Å². The van der Waals surface area contributed by atoms with Crippen molar-refractivity contribution < 1.29 is 67.1 Å². The van der Waals surface area contributed by atoms with Crippen LogP contribution in [-0.2, 0) is 96.1 Å². The minimum atomic E-state index is -0.667. The third-order valence-corrected chi connectivity index (χ3v) is 20.9. The second-order valence-corrected chi connectivity index (χ2v) is 31.9. The van der Waals surface area contributed by atoms with Crippen molar-refractivity contribution in [3.8, 4) is 0 Å². The number of rotatable bonds is 43. The number of alkyl halides is 2. The van der Waals surface area contributed by atoms with E-state index in [0.29, 0.717) is 55.6 Å². The predicted octanol–water partition coefficient (Wildman–Crippen LogP) is 5.76. The molecule has 0 aliphatic carbocycles. The minimum absolute atomic E-state index is 0.00754. The molecule has 14 N–H and O–H groups in total. The molecule has 0 saturated carbocycles. The molecule has 131 heavy (non-hydrogen) atoms. The number of carbonyl (C=O) groups is 14. The van der Waals surface area contributed by atoms with Crippen molar-refractivity contribution in [2.45, 2.75) is 51.4 Å². The number of aryl methyl sites for hydroxylation is 10. The summed E-state index contributed by atoms with van der Waals surface area (Å²) in [6, 6.07) is 16.9. The first-order valence-electron chi connectivity index (χ1n) is 41.4. The van der Waals surface area contributed by atoms with E-state index in [2.05, 4.69) is 99.3 Å². The lowest BCUT2D eigenvalue weighted by Crippen LogP contribution is -2.29. The smallest absolute Gasteiger partial charge is 0.291 e. The number of hydrogen-bond acceptors (Lipinski definition) is 20. The predicted molar refractivity (Wildman–Crippen MR) is 492 cm³/mol. The fourth-order valence-corrected chi connectivity index (χ4v) is 14.4. The summed E-state index contributed by atoms with van der Waals surface area (Å²) in [4.78, 5) is 207. The topological polar surface area (TPSA) is 515 Å². The molecular formula is C85H104Cl2N30O14. The Balaban J connectivity index is 0.545. The fourth-order valence-electron chi connectivity index (χ4n) is 14.0. The molecule has 0 unspecified atom stereocenters. The van der Waals surface area contributed by atoms with Crippen molar-refractivity contribution in [1.29, 1.82) is 0 Å². The second kappa shape index (κ2) is 43.9. The zero-order valence-electron chi connectivity index (χ0n) is 74.2. The van der Waals surface area contributed by atoms with Crippen LogP contribution in [0.25, 0.3) is 0 Å². The lowest BCUT2D eigenvalue weighted by Gasteiger charge is -2.23. The third-order valence-electron chi connectivity index (χ3n) is 20.6. The fraction of sp³-hybridized carbons (Fsp3) is 0.341. The SMILES string of the molecule is CN(C)CCCNC(=O)c1cc(NC(=O)c2cc(NC(=O)c3nc(NC(=O)CCNC(=O)c4cc(NC(=O)c5ncc(NC(=O)CCCNC(=O)c6cc(NC(=O)c7nc(NC(=O)CCNC(=O)c8cc(NC(=O)c9cc(NC(=O)c%10nc(NC(=O)CCCc%11ccc(N(CCCl)CCCl)cc%11)cn%10C)cn9C)cn8C)cn7C)cn6C)n5C)cn4C)cn3C)cn2C)cn1C. The van der Waals surface area contributed by atoms with Gasteiger partial charge in [0.1, 0.15) is 40.0 Å². The summed E-state index contributed by atoms with van der Waals surface area (Å²) in [6.07, 6.45) is 17.0. The van der Waals surface area contributed by atoms with Crippen LogP contribution in [0, 0.1) is 0 Å². The number of amides is 14. The molecule has 0 aliphatic rings. The van der Waals surface area contributed by atoms with E-state index in [-0.39, 0.29) is 167 Å². The third kappa shape index (κ3) is 25.8. The van der Waals surface area contributed by atoms with Crippen molar-refractivity contribution in [1.82, 2.24) is 91.8 Å². The van der Waals surface area contributed by atoms with Crippen LogP contribution in [0.2, 0.25) is 0 Å². The average molecular weight is 1840 g/mol. The maximum Gasteiger partial charge on any atom is 0.291 e. The van der Waals surface area contributed by atoms with Gasteiger partial charge < -0.3 is 130 Å². The molecular weight excluding hydrogens is 1740 g/mol. The van der Waals surface area contributed by atoms with Gasteiger partial charge in [0, 0.05) is 209 Å². The van der Waals surface area contributed by atoms with E-state index in [0.717, 1.165) is 24.2 Å². The lowest BCUT2D eigenvalue weighted by molar-refractivity contribution is -0.117. The molecule has 0 radical (unpaired) electrons. The number of nitrogens with one attached hydrogen (secondary N) is 14. The monoisotopic (exact) mass is 1840 g/mol. The molecule has 0 fully saturated rings. The summed E-state index contributed by atoms with van der Waals surface area (Å²) in [6.45, 7) is 2.54. The van der Waals surface area contributed by atoms with Gasteiger partial charge >= 0.3 is 0 Å². The number of carbonyl (C=O) groups excluding carboxylic acids is 14. The van der Waals surface area contributed by atoms with Gasteiger partial charge in [-0.1, -0.05) is 12.1 Å². The molecule has 10 heterocycles. The molecule has 10 aromatic heterocycles. The molecule has 11 rings (SSSR count). The van der Waals surface area contributed by atoms with Gasteiger partial charge in [0.2, 0.25) is 46.9 Å². The molecule has 0 spiro atoms. The number of nitrogens with zero attached hydrogens (tertiary/aromatic N) is 16. The van der Waals surface area contributed by atoms with Crippen LogP contribution in [0.1, 0.15) is 156 Å². The molecule has 0 saturated heterocycles. The van der Waals surface area contributed by atoms with E-state index >= 15 is 0 Å². The molecule has 46 heteroatoms. The van der Waals surface area contributed by atoms with Crippen LogP contribution in [0.5, 0.6) is 0 Å². The van der Waals surface area contributed by atoms with Crippen molar-refractivity contribution >= 4 is 169 Å². The lowest BCUT2D eigenvalue weighted by atomic mass is 10.1. The van der Waals surface area contributed by atoms with E-state index in [1.165, 1.54) is 122 Å². The first-order valence-corrected chi connectivity index (χ1v) is 42.5. The molecule has 44 nitrogen and oxygen atoms in total. The van der Waals surface area contributed by atoms with Crippen LogP contribution in [0.15, 0.2) is 123 Å². The number of aromatic nitrogens is 14. The van der Waals surface area contributed by atoms with Gasteiger partial charge in [-0.3, -0.25) is 67.1 Å². The van der Waals surface area contributed by atoms with Gasteiger partial charge in [-0.05, 0) is 100 Å².